The summed E-state index contributed by atoms with van der Waals surface area (Å²) in [7, 11) is -3.86. The Bertz CT molecular complexity index is 1470. The van der Waals surface area contributed by atoms with Crippen LogP contribution in [-0.4, -0.2) is 57.4 Å². The molecule has 1 amide bonds. The van der Waals surface area contributed by atoms with E-state index in [2.05, 4.69) is 35.3 Å². The molecule has 12 nitrogen and oxygen atoms in total. The summed E-state index contributed by atoms with van der Waals surface area (Å²) in [4.78, 5) is 23.0. The second-order valence-corrected chi connectivity index (χ2v) is 10.3. The van der Waals surface area contributed by atoms with Gasteiger partial charge in [0.25, 0.3) is 10.0 Å². The molecule has 1 fully saturated rings. The zero-order chi connectivity index (χ0) is 25.8. The summed E-state index contributed by atoms with van der Waals surface area (Å²) < 4.78 is 29.3. The summed E-state index contributed by atoms with van der Waals surface area (Å²) in [5.74, 6) is 0.942. The number of nitrogens with zero attached hydrogens (tertiary/aromatic N) is 7. The molecule has 0 radical (unpaired) electrons. The van der Waals surface area contributed by atoms with Crippen LogP contribution in [0.15, 0.2) is 72.0 Å². The summed E-state index contributed by atoms with van der Waals surface area (Å²) in [5, 5.41) is 15.6. The molecule has 1 aliphatic rings. The van der Waals surface area contributed by atoms with E-state index in [-0.39, 0.29) is 22.7 Å². The summed E-state index contributed by atoms with van der Waals surface area (Å²) in [6, 6.07) is 13.2. The molecule has 1 unspecified atom stereocenters. The van der Waals surface area contributed by atoms with Crippen molar-refractivity contribution in [2.75, 3.05) is 28.0 Å². The number of benzene rings is 1. The van der Waals surface area contributed by atoms with Crippen molar-refractivity contribution in [2.24, 2.45) is 5.92 Å². The van der Waals surface area contributed by atoms with E-state index < -0.39 is 10.0 Å². The molecule has 1 saturated heterocycles. The van der Waals surface area contributed by atoms with Crippen LogP contribution in [0.1, 0.15) is 18.5 Å². The van der Waals surface area contributed by atoms with E-state index in [1.165, 1.54) is 18.3 Å². The molecule has 37 heavy (non-hydrogen) atoms. The Balaban J connectivity index is 1.20. The molecule has 4 aromatic rings. The fourth-order valence-corrected chi connectivity index (χ4v) is 5.00. The molecule has 0 aliphatic carbocycles. The molecular weight excluding hydrogens is 494 g/mol. The van der Waals surface area contributed by atoms with E-state index >= 15 is 0 Å². The zero-order valence-electron chi connectivity index (χ0n) is 20.0. The first-order valence-corrected chi connectivity index (χ1v) is 13.2. The molecule has 3 aromatic heterocycles. The average Bonchev–Trinajstić information content (AvgIpc) is 3.44. The second-order valence-electron chi connectivity index (χ2n) is 8.63. The molecule has 2 N–H and O–H groups in total. The molecule has 190 valence electrons. The lowest BCUT2D eigenvalue weighted by Gasteiger charge is -2.32. The normalized spacial score (nSPS) is 15.8. The number of hydrogen-bond acceptors (Lipinski definition) is 9. The van der Waals surface area contributed by atoms with Crippen molar-refractivity contribution in [1.29, 1.82) is 0 Å². The molecule has 4 heterocycles. The Hall–Kier alpha value is -4.39. The van der Waals surface area contributed by atoms with Gasteiger partial charge in [-0.3, -0.25) is 4.79 Å². The Kier molecular flexibility index (Phi) is 6.77. The molecular formula is C24H25N9O3S. The first-order valence-electron chi connectivity index (χ1n) is 11.7. The predicted octanol–water partition coefficient (Wildman–Crippen LogP) is 2.42. The van der Waals surface area contributed by atoms with Gasteiger partial charge in [0.1, 0.15) is 0 Å². The highest BCUT2D eigenvalue weighted by atomic mass is 32.2. The quantitative estimate of drug-likeness (QED) is 0.375. The standard InChI is InChI=1S/C24H25N9O3S/c1-17-11-13-25-24(27-17)31-37(35,36)20-7-5-19(6-8-20)28-23(34)18-4-2-14-32(16-18)21-9-10-22(30-29-21)33-15-3-12-26-33/h3,5-13,15,18H,2,4,14,16H2,1H3,(H,28,34)(H,25,27,31). The minimum absolute atomic E-state index is 0.0000477. The molecule has 13 heteroatoms. The monoisotopic (exact) mass is 519 g/mol. The number of hydrogen-bond donors (Lipinski definition) is 2. The van der Waals surface area contributed by atoms with Gasteiger partial charge in [-0.2, -0.15) is 5.10 Å². The van der Waals surface area contributed by atoms with E-state index in [4.69, 9.17) is 0 Å². The van der Waals surface area contributed by atoms with E-state index in [0.717, 1.165) is 19.4 Å². The number of nitrogens with one attached hydrogen (secondary N) is 2. The van der Waals surface area contributed by atoms with Crippen LogP contribution in [-0.2, 0) is 14.8 Å². The van der Waals surface area contributed by atoms with Crippen molar-refractivity contribution in [1.82, 2.24) is 29.9 Å². The summed E-state index contributed by atoms with van der Waals surface area (Å²) in [6.45, 7) is 3.03. The van der Waals surface area contributed by atoms with Crippen molar-refractivity contribution < 1.29 is 13.2 Å². The molecule has 1 aromatic carbocycles. The second kappa shape index (κ2) is 10.3. The molecule has 1 aliphatic heterocycles. The first kappa shape index (κ1) is 24.3. The van der Waals surface area contributed by atoms with Crippen molar-refractivity contribution >= 4 is 33.4 Å². The maximum Gasteiger partial charge on any atom is 0.264 e. The summed E-state index contributed by atoms with van der Waals surface area (Å²) >= 11 is 0. The van der Waals surface area contributed by atoms with Crippen LogP contribution in [0, 0.1) is 12.8 Å². The van der Waals surface area contributed by atoms with Gasteiger partial charge in [-0.25, -0.2) is 27.8 Å². The third-order valence-electron chi connectivity index (χ3n) is 5.94. The van der Waals surface area contributed by atoms with Gasteiger partial charge >= 0.3 is 0 Å². The lowest BCUT2D eigenvalue weighted by molar-refractivity contribution is -0.120. The van der Waals surface area contributed by atoms with Crippen LogP contribution in [0.4, 0.5) is 17.5 Å². The van der Waals surface area contributed by atoms with Gasteiger partial charge in [0.05, 0.1) is 10.8 Å². The SMILES string of the molecule is Cc1ccnc(NS(=O)(=O)c2ccc(NC(=O)C3CCCN(c4ccc(-n5cccn5)nn4)C3)cc2)n1. The minimum Gasteiger partial charge on any atom is -0.354 e. The number of carbonyl (C=O) groups excluding carboxylic acids is 1. The zero-order valence-corrected chi connectivity index (χ0v) is 20.8. The fraction of sp³-hybridized carbons (Fsp3) is 0.250. The third-order valence-corrected chi connectivity index (χ3v) is 7.29. The van der Waals surface area contributed by atoms with E-state index in [1.54, 1.807) is 42.2 Å². The fourth-order valence-electron chi connectivity index (χ4n) is 4.05. The van der Waals surface area contributed by atoms with Gasteiger partial charge in [-0.1, -0.05) is 0 Å². The number of sulfonamides is 1. The van der Waals surface area contributed by atoms with Crippen molar-refractivity contribution in [3.8, 4) is 5.82 Å². The maximum atomic E-state index is 13.0. The lowest BCUT2D eigenvalue weighted by Crippen LogP contribution is -2.41. The molecule has 0 bridgehead atoms. The van der Waals surface area contributed by atoms with Crippen LogP contribution < -0.4 is 14.9 Å². The van der Waals surface area contributed by atoms with Crippen LogP contribution in [0.5, 0.6) is 0 Å². The van der Waals surface area contributed by atoms with E-state index in [0.29, 0.717) is 29.6 Å². The first-order chi connectivity index (χ1) is 17.9. The topological polar surface area (TPSA) is 148 Å². The Morgan fingerprint density at radius 1 is 1.03 bits per heavy atom. The molecule has 1 atom stereocenters. The van der Waals surface area contributed by atoms with Crippen LogP contribution >= 0.6 is 0 Å². The summed E-state index contributed by atoms with van der Waals surface area (Å²) in [6.07, 6.45) is 6.53. The highest BCUT2D eigenvalue weighted by Crippen LogP contribution is 2.24. The Morgan fingerprint density at radius 3 is 2.51 bits per heavy atom. The van der Waals surface area contributed by atoms with Crippen LogP contribution in [0.25, 0.3) is 5.82 Å². The average molecular weight is 520 g/mol. The Labute approximate surface area is 213 Å². The number of aromatic nitrogens is 6. The van der Waals surface area contributed by atoms with Gasteiger partial charge in [0.2, 0.25) is 11.9 Å². The number of aryl methyl sites for hydroxylation is 1. The van der Waals surface area contributed by atoms with E-state index in [9.17, 15) is 13.2 Å². The van der Waals surface area contributed by atoms with Crippen LogP contribution in [0.3, 0.4) is 0 Å². The number of anilines is 3. The van der Waals surface area contributed by atoms with Gasteiger partial charge in [-0.05, 0) is 68.3 Å². The van der Waals surface area contributed by atoms with Gasteiger partial charge in [-0.15, -0.1) is 10.2 Å². The number of carbonyl (C=O) groups is 1. The largest absolute Gasteiger partial charge is 0.354 e. The van der Waals surface area contributed by atoms with Gasteiger partial charge in [0.15, 0.2) is 11.6 Å². The molecule has 0 spiro atoms. The molecule has 5 rings (SSSR count). The number of amides is 1. The van der Waals surface area contributed by atoms with Gasteiger partial charge < -0.3 is 10.2 Å². The third kappa shape index (κ3) is 5.72. The lowest BCUT2D eigenvalue weighted by atomic mass is 9.97. The van der Waals surface area contributed by atoms with Crippen LogP contribution in [0.2, 0.25) is 0 Å². The number of rotatable bonds is 7. The summed E-state index contributed by atoms with van der Waals surface area (Å²) in [5.41, 5.74) is 1.15. The molecule has 0 saturated carbocycles. The van der Waals surface area contributed by atoms with Crippen molar-refractivity contribution in [3.63, 3.8) is 0 Å². The maximum absolute atomic E-state index is 13.0. The van der Waals surface area contributed by atoms with Crippen molar-refractivity contribution in [2.45, 2.75) is 24.7 Å². The smallest absolute Gasteiger partial charge is 0.264 e. The highest BCUT2D eigenvalue weighted by Gasteiger charge is 2.27. The minimum atomic E-state index is -3.86. The highest BCUT2D eigenvalue weighted by molar-refractivity contribution is 7.92. The Morgan fingerprint density at radius 2 is 1.81 bits per heavy atom. The number of piperidine rings is 1. The van der Waals surface area contributed by atoms with E-state index in [1.807, 2.05) is 23.1 Å². The van der Waals surface area contributed by atoms with Crippen molar-refractivity contribution in [3.05, 3.63) is 72.8 Å². The van der Waals surface area contributed by atoms with Gasteiger partial charge in [0, 0.05) is 43.1 Å². The predicted molar refractivity (Wildman–Crippen MR) is 137 cm³/mol.